The van der Waals surface area contributed by atoms with E-state index in [9.17, 15) is 22.8 Å². The number of esters is 1. The van der Waals surface area contributed by atoms with Crippen LogP contribution in [-0.4, -0.2) is 49.9 Å². The first-order chi connectivity index (χ1) is 11.5. The number of ether oxygens (including phenoxy) is 2. The van der Waals surface area contributed by atoms with Crippen molar-refractivity contribution in [1.82, 2.24) is 0 Å². The molecule has 0 saturated heterocycles. The number of anilines is 1. The van der Waals surface area contributed by atoms with Crippen molar-refractivity contribution in [1.29, 1.82) is 0 Å². The van der Waals surface area contributed by atoms with E-state index >= 15 is 0 Å². The maximum absolute atomic E-state index is 12.0. The molecule has 1 aromatic carbocycles. The summed E-state index contributed by atoms with van der Waals surface area (Å²) < 4.78 is 40.9. The summed E-state index contributed by atoms with van der Waals surface area (Å²) in [6.07, 6.45) is -2.64. The molecule has 2 atom stereocenters. The van der Waals surface area contributed by atoms with Gasteiger partial charge in [-0.3, -0.25) is 14.1 Å². The van der Waals surface area contributed by atoms with Crippen LogP contribution in [0, 0.1) is 0 Å². The first-order valence-corrected chi connectivity index (χ1v) is 8.59. The van der Waals surface area contributed by atoms with Gasteiger partial charge in [0.2, 0.25) is 5.91 Å². The molecule has 1 amide bonds. The van der Waals surface area contributed by atoms with Gasteiger partial charge < -0.3 is 14.8 Å². The number of carbonyl (C=O) groups is 3. The highest BCUT2D eigenvalue weighted by atomic mass is 32.2. The Balaban J connectivity index is 2.79. The number of nitrogens with one attached hydrogen (secondary N) is 1. The van der Waals surface area contributed by atoms with Gasteiger partial charge in [0.25, 0.3) is 10.1 Å². The topological polar surface area (TPSA) is 136 Å². The molecule has 0 saturated carbocycles. The Bertz CT molecular complexity index is 759. The lowest BCUT2D eigenvalue weighted by Gasteiger charge is -2.17. The van der Waals surface area contributed by atoms with Crippen LogP contribution in [-0.2, 0) is 34.0 Å². The number of hydrogen-bond acceptors (Lipinski definition) is 7. The molecule has 0 heterocycles. The first kappa shape index (κ1) is 20.7. The van der Waals surface area contributed by atoms with Crippen molar-refractivity contribution in [3.63, 3.8) is 0 Å². The lowest BCUT2D eigenvalue weighted by molar-refractivity contribution is -0.164. The summed E-state index contributed by atoms with van der Waals surface area (Å²) in [6.45, 7) is 2.60. The fourth-order valence-corrected chi connectivity index (χ4v) is 2.24. The van der Waals surface area contributed by atoms with Crippen LogP contribution in [0.1, 0.15) is 20.3 Å². The predicted octanol–water partition coefficient (Wildman–Crippen LogP) is 0.798. The molecule has 1 aromatic rings. The summed E-state index contributed by atoms with van der Waals surface area (Å²) in [4.78, 5) is 34.8. The third kappa shape index (κ3) is 6.61. The number of carbonyl (C=O) groups excluding carboxylic acids is 3. The minimum atomic E-state index is -4.41. The summed E-state index contributed by atoms with van der Waals surface area (Å²) in [7, 11) is -3.12. The van der Waals surface area contributed by atoms with Crippen molar-refractivity contribution in [3.8, 4) is 0 Å². The molecule has 0 aliphatic rings. The van der Waals surface area contributed by atoms with Crippen LogP contribution in [0.3, 0.4) is 0 Å². The highest BCUT2D eigenvalue weighted by molar-refractivity contribution is 7.85. The maximum Gasteiger partial charge on any atom is 0.335 e. The van der Waals surface area contributed by atoms with Crippen molar-refractivity contribution >= 4 is 33.5 Å². The molecule has 2 N–H and O–H groups in total. The van der Waals surface area contributed by atoms with Gasteiger partial charge in [0, 0.05) is 12.8 Å². The normalized spacial score (nSPS) is 13.6. The van der Waals surface area contributed by atoms with Gasteiger partial charge in [-0.2, -0.15) is 8.42 Å². The van der Waals surface area contributed by atoms with Crippen LogP contribution in [0.25, 0.3) is 0 Å². The van der Waals surface area contributed by atoms with Crippen LogP contribution in [0.15, 0.2) is 29.2 Å². The molecule has 25 heavy (non-hydrogen) atoms. The third-order valence-electron chi connectivity index (χ3n) is 3.18. The van der Waals surface area contributed by atoms with Gasteiger partial charge in [-0.1, -0.05) is 6.07 Å². The highest BCUT2D eigenvalue weighted by Gasteiger charge is 2.25. The molecular weight excluding hydrogens is 354 g/mol. The Morgan fingerprint density at radius 2 is 1.92 bits per heavy atom. The molecule has 0 fully saturated rings. The van der Waals surface area contributed by atoms with Crippen LogP contribution >= 0.6 is 0 Å². The van der Waals surface area contributed by atoms with Crippen molar-refractivity contribution < 1.29 is 36.8 Å². The van der Waals surface area contributed by atoms with E-state index in [0.717, 1.165) is 12.1 Å². The molecule has 0 bridgehead atoms. The van der Waals surface area contributed by atoms with Gasteiger partial charge in [0.05, 0.1) is 11.3 Å². The summed E-state index contributed by atoms with van der Waals surface area (Å²) in [5, 5.41) is 2.37. The van der Waals surface area contributed by atoms with Crippen LogP contribution in [0.5, 0.6) is 0 Å². The molecule has 2 unspecified atom stereocenters. The summed E-state index contributed by atoms with van der Waals surface area (Å²) >= 11 is 0. The molecule has 0 aliphatic heterocycles. The SMILES string of the molecule is COC(C)C(=O)OC(CC(=O)Nc1cccc(S(=O)(=O)O)c1)C(C)=O. The number of hydrogen-bond donors (Lipinski definition) is 2. The van der Waals surface area contributed by atoms with Crippen molar-refractivity contribution in [2.24, 2.45) is 0 Å². The van der Waals surface area contributed by atoms with Crippen molar-refractivity contribution in [2.75, 3.05) is 12.4 Å². The predicted molar refractivity (Wildman–Crippen MR) is 86.5 cm³/mol. The fraction of sp³-hybridized carbons (Fsp3) is 0.400. The lowest BCUT2D eigenvalue weighted by atomic mass is 10.1. The Morgan fingerprint density at radius 1 is 1.28 bits per heavy atom. The Kier molecular flexibility index (Phi) is 7.22. The van der Waals surface area contributed by atoms with E-state index in [1.54, 1.807) is 0 Å². The van der Waals surface area contributed by atoms with E-state index in [0.29, 0.717) is 0 Å². The lowest BCUT2D eigenvalue weighted by Crippen LogP contribution is -2.34. The Hall–Kier alpha value is -2.30. The van der Waals surface area contributed by atoms with Gasteiger partial charge >= 0.3 is 5.97 Å². The number of rotatable bonds is 8. The second-order valence-corrected chi connectivity index (χ2v) is 6.59. The summed E-state index contributed by atoms with van der Waals surface area (Å²) in [6, 6.07) is 4.92. The first-order valence-electron chi connectivity index (χ1n) is 7.15. The van der Waals surface area contributed by atoms with Crippen LogP contribution in [0.4, 0.5) is 5.69 Å². The molecule has 0 aromatic heterocycles. The van der Waals surface area contributed by atoms with Gasteiger partial charge in [-0.25, -0.2) is 4.79 Å². The minimum Gasteiger partial charge on any atom is -0.452 e. The number of benzene rings is 1. The zero-order valence-electron chi connectivity index (χ0n) is 13.9. The molecule has 0 aliphatic carbocycles. The molecule has 1 rings (SSSR count). The smallest absolute Gasteiger partial charge is 0.335 e. The molecule has 9 nitrogen and oxygen atoms in total. The average Bonchev–Trinajstić information content (AvgIpc) is 2.52. The average molecular weight is 373 g/mol. The zero-order chi connectivity index (χ0) is 19.2. The molecule has 138 valence electrons. The van der Waals surface area contributed by atoms with E-state index in [-0.39, 0.29) is 5.69 Å². The Morgan fingerprint density at radius 3 is 2.44 bits per heavy atom. The minimum absolute atomic E-state index is 0.0963. The molecule has 0 spiro atoms. The molecular formula is C15H19NO8S. The van der Waals surface area contributed by atoms with E-state index in [4.69, 9.17) is 14.0 Å². The maximum atomic E-state index is 12.0. The second kappa shape index (κ2) is 8.70. The van der Waals surface area contributed by atoms with Crippen molar-refractivity contribution in [2.45, 2.75) is 37.4 Å². The van der Waals surface area contributed by atoms with Crippen molar-refractivity contribution in [3.05, 3.63) is 24.3 Å². The number of Topliss-reactive ketones (excluding diaryl/α,β-unsaturated/α-hetero) is 1. The standard InChI is InChI=1S/C15H19NO8S/c1-9(17)13(24-15(19)10(2)23-3)8-14(18)16-11-5-4-6-12(7-11)25(20,21)22/h4-7,10,13H,8H2,1-3H3,(H,16,18)(H,20,21,22). The quantitative estimate of drug-likeness (QED) is 0.504. The van der Waals surface area contributed by atoms with E-state index < -0.39 is 51.3 Å². The van der Waals surface area contributed by atoms with Crippen LogP contribution < -0.4 is 5.32 Å². The number of amides is 1. The Labute approximate surface area is 145 Å². The number of ketones is 1. The van der Waals surface area contributed by atoms with Gasteiger partial charge in [0.1, 0.15) is 0 Å². The van der Waals surface area contributed by atoms with E-state index in [1.807, 2.05) is 0 Å². The zero-order valence-corrected chi connectivity index (χ0v) is 14.7. The molecule has 10 heteroatoms. The summed E-state index contributed by atoms with van der Waals surface area (Å²) in [5.41, 5.74) is 0.0963. The largest absolute Gasteiger partial charge is 0.452 e. The second-order valence-electron chi connectivity index (χ2n) is 5.17. The highest BCUT2D eigenvalue weighted by Crippen LogP contribution is 2.16. The van der Waals surface area contributed by atoms with Gasteiger partial charge in [-0.15, -0.1) is 0 Å². The fourth-order valence-electron chi connectivity index (χ4n) is 1.72. The monoisotopic (exact) mass is 373 g/mol. The van der Waals surface area contributed by atoms with E-state index in [1.165, 1.54) is 33.1 Å². The van der Waals surface area contributed by atoms with Crippen LogP contribution in [0.2, 0.25) is 0 Å². The number of methoxy groups -OCH3 is 1. The van der Waals surface area contributed by atoms with Gasteiger partial charge in [0.15, 0.2) is 18.0 Å². The summed E-state index contributed by atoms with van der Waals surface area (Å²) in [5.74, 6) is -1.99. The third-order valence-corrected chi connectivity index (χ3v) is 4.03. The molecule has 0 radical (unpaired) electrons. The van der Waals surface area contributed by atoms with Gasteiger partial charge in [-0.05, 0) is 32.0 Å². The van der Waals surface area contributed by atoms with E-state index in [2.05, 4.69) is 5.32 Å².